The summed E-state index contributed by atoms with van der Waals surface area (Å²) in [4.78, 5) is 0. The molecule has 0 fully saturated rings. The molecule has 13 heteroatoms. The van der Waals surface area contributed by atoms with Crippen molar-refractivity contribution in [3.63, 3.8) is 0 Å². The first kappa shape index (κ1) is 20.0. The van der Waals surface area contributed by atoms with Crippen LogP contribution in [0.2, 0.25) is 0 Å². The van der Waals surface area contributed by atoms with E-state index in [1.165, 1.54) is 0 Å². The molecule has 0 unspecified atom stereocenters. The Kier molecular flexibility index (Phi) is 5.30. The van der Waals surface area contributed by atoms with Gasteiger partial charge in [0.2, 0.25) is 0 Å². The van der Waals surface area contributed by atoms with Crippen LogP contribution in [0.25, 0.3) is 0 Å². The van der Waals surface area contributed by atoms with Gasteiger partial charge in [0.1, 0.15) is 0 Å². The molecule has 0 atom stereocenters. The van der Waals surface area contributed by atoms with Gasteiger partial charge in [-0.1, -0.05) is 0 Å². The van der Waals surface area contributed by atoms with Gasteiger partial charge in [-0.05, 0) is 0 Å². The van der Waals surface area contributed by atoms with Crippen molar-refractivity contribution in [1.82, 2.24) is 0 Å². The Morgan fingerprint density at radius 1 is 0.636 bits per heavy atom. The number of hydrogen-bond donors (Lipinski definition) is 0. The minimum absolute atomic E-state index is 0.488. The van der Waals surface area contributed by atoms with Crippen LogP contribution in [0.1, 0.15) is 16.7 Å². The van der Waals surface area contributed by atoms with E-state index in [0.29, 0.717) is 0 Å². The predicted octanol–water partition coefficient (Wildman–Crippen LogP) is 5.61. The van der Waals surface area contributed by atoms with Crippen LogP contribution in [0.3, 0.4) is 0 Å². The van der Waals surface area contributed by atoms with E-state index in [0.717, 1.165) is 0 Å². The van der Waals surface area contributed by atoms with E-state index < -0.39 is 62.2 Å². The van der Waals surface area contributed by atoms with Crippen LogP contribution < -0.4 is 4.40 Å². The molecule has 0 heterocycles. The first-order valence-corrected chi connectivity index (χ1v) is 14.2. The van der Waals surface area contributed by atoms with Crippen molar-refractivity contribution in [3.8, 4) is 0 Å². The van der Waals surface area contributed by atoms with Gasteiger partial charge < -0.3 is 0 Å². The standard InChI is InChI=1S/C9H2Cl3F9Ge/c10-22(11,12)6-4(8(16,17)18)1-3(7(13,14)15)2-5(6)9(19,20)21/h1-2H. The number of benzene rings is 1. The third-order valence-corrected chi connectivity index (χ3v) is 7.63. The molecule has 1 aromatic rings. The molecular weight excluding hydrogens is 458 g/mol. The monoisotopic (exact) mass is 460 g/mol. The molecule has 0 radical (unpaired) electrons. The Morgan fingerprint density at radius 3 is 1.14 bits per heavy atom. The molecule has 0 amide bonds. The van der Waals surface area contributed by atoms with Crippen molar-refractivity contribution in [2.24, 2.45) is 0 Å². The second kappa shape index (κ2) is 5.82. The molecule has 0 bridgehead atoms. The number of alkyl halides is 9. The summed E-state index contributed by atoms with van der Waals surface area (Å²) < 4.78 is 113. The van der Waals surface area contributed by atoms with Gasteiger partial charge in [-0.3, -0.25) is 0 Å². The molecule has 0 aliphatic rings. The normalized spacial score (nSPS) is 14.4. The summed E-state index contributed by atoms with van der Waals surface area (Å²) in [6, 6.07) is -0.977. The van der Waals surface area contributed by atoms with Crippen molar-refractivity contribution in [3.05, 3.63) is 28.8 Å². The van der Waals surface area contributed by atoms with E-state index in [2.05, 4.69) is 0 Å². The Bertz CT molecular complexity index is 533. The fraction of sp³-hybridized carbons (Fsp3) is 0.333. The van der Waals surface area contributed by atoms with Crippen molar-refractivity contribution in [2.45, 2.75) is 18.5 Å². The van der Waals surface area contributed by atoms with E-state index in [-0.39, 0.29) is 0 Å². The van der Waals surface area contributed by atoms with Crippen LogP contribution in [-0.4, -0.2) is 10.5 Å². The molecule has 126 valence electrons. The topological polar surface area (TPSA) is 0 Å². The summed E-state index contributed by atoms with van der Waals surface area (Å²) >= 11 is 0. The van der Waals surface area contributed by atoms with E-state index in [1.807, 2.05) is 0 Å². The fourth-order valence-corrected chi connectivity index (χ4v) is 6.91. The Balaban J connectivity index is 3.96. The predicted molar refractivity (Wildman–Crippen MR) is 64.4 cm³/mol. The molecule has 0 aromatic heterocycles. The number of rotatable bonds is 1. The average Bonchev–Trinajstić information content (AvgIpc) is 2.22. The summed E-state index contributed by atoms with van der Waals surface area (Å²) in [6.45, 7) is 0. The SMILES string of the molecule is FC(F)(F)c1cc(C(F)(F)F)[c]([Ge]([Cl])([Cl])[Cl])c(C(F)(F)F)c1. The van der Waals surface area contributed by atoms with Gasteiger partial charge in [0.25, 0.3) is 0 Å². The molecule has 0 saturated carbocycles. The number of halogens is 12. The Morgan fingerprint density at radius 2 is 0.955 bits per heavy atom. The molecule has 0 aliphatic heterocycles. The maximum atomic E-state index is 12.8. The molecule has 1 rings (SSSR count). The van der Waals surface area contributed by atoms with E-state index in [1.54, 1.807) is 0 Å². The zero-order chi connectivity index (χ0) is 17.7. The number of hydrogen-bond acceptors (Lipinski definition) is 0. The summed E-state index contributed by atoms with van der Waals surface area (Å²) in [5.74, 6) is 0. The van der Waals surface area contributed by atoms with Gasteiger partial charge in [0.05, 0.1) is 0 Å². The van der Waals surface area contributed by atoms with Crippen molar-refractivity contribution in [2.75, 3.05) is 0 Å². The Labute approximate surface area is 132 Å². The van der Waals surface area contributed by atoms with Crippen LogP contribution in [0, 0.1) is 0 Å². The molecule has 22 heavy (non-hydrogen) atoms. The molecule has 0 nitrogen and oxygen atoms in total. The minimum atomic E-state index is -5.55. The van der Waals surface area contributed by atoms with Crippen LogP contribution in [-0.2, 0) is 18.5 Å². The van der Waals surface area contributed by atoms with Crippen LogP contribution in [0.5, 0.6) is 0 Å². The van der Waals surface area contributed by atoms with Gasteiger partial charge in [-0.2, -0.15) is 0 Å². The fourth-order valence-electron chi connectivity index (χ4n) is 1.56. The third kappa shape index (κ3) is 4.51. The molecular formula is C9H2Cl3F9Ge. The Hall–Kier alpha value is 0.00286. The van der Waals surface area contributed by atoms with Crippen LogP contribution >= 0.6 is 30.0 Å². The zero-order valence-electron chi connectivity index (χ0n) is 9.69. The van der Waals surface area contributed by atoms with Crippen molar-refractivity contribution < 1.29 is 39.5 Å². The van der Waals surface area contributed by atoms with Crippen LogP contribution in [0.4, 0.5) is 39.5 Å². The first-order valence-electron chi connectivity index (χ1n) is 4.92. The van der Waals surface area contributed by atoms with Crippen LogP contribution in [0.15, 0.2) is 12.1 Å². The van der Waals surface area contributed by atoms with E-state index >= 15 is 0 Å². The van der Waals surface area contributed by atoms with Gasteiger partial charge in [-0.15, -0.1) is 0 Å². The second-order valence-electron chi connectivity index (χ2n) is 3.94. The summed E-state index contributed by atoms with van der Waals surface area (Å²) in [5.41, 5.74) is -6.61. The van der Waals surface area contributed by atoms with Gasteiger partial charge in [-0.25, -0.2) is 0 Å². The molecule has 1 aromatic carbocycles. The van der Waals surface area contributed by atoms with Gasteiger partial charge in [0.15, 0.2) is 0 Å². The van der Waals surface area contributed by atoms with E-state index in [9.17, 15) is 39.5 Å². The first-order chi connectivity index (χ1) is 9.45. The third-order valence-electron chi connectivity index (χ3n) is 2.36. The van der Waals surface area contributed by atoms with Crippen molar-refractivity contribution in [1.29, 1.82) is 0 Å². The summed E-state index contributed by atoms with van der Waals surface area (Å²) in [6.07, 6.45) is -16.5. The summed E-state index contributed by atoms with van der Waals surface area (Å²) in [7, 11) is 10.5. The molecule has 0 spiro atoms. The van der Waals surface area contributed by atoms with Crippen molar-refractivity contribution >= 4 is 44.9 Å². The zero-order valence-corrected chi connectivity index (χ0v) is 14.1. The maximum absolute atomic E-state index is 12.8. The summed E-state index contributed by atoms with van der Waals surface area (Å²) in [5, 5.41) is 0. The van der Waals surface area contributed by atoms with Gasteiger partial charge >= 0.3 is 132 Å². The quantitative estimate of drug-likeness (QED) is 0.378. The molecule has 0 aliphatic carbocycles. The van der Waals surface area contributed by atoms with Gasteiger partial charge in [0, 0.05) is 0 Å². The second-order valence-corrected chi connectivity index (χ2v) is 18.9. The molecule has 0 N–H and O–H groups in total. The average molecular weight is 460 g/mol. The molecule has 0 saturated heterocycles. The van der Waals surface area contributed by atoms with E-state index in [4.69, 9.17) is 30.0 Å².